The average molecular weight is 379 g/mol. The Morgan fingerprint density at radius 3 is 2.68 bits per heavy atom. The van der Waals surface area contributed by atoms with Gasteiger partial charge in [0, 0.05) is 25.0 Å². The van der Waals surface area contributed by atoms with Gasteiger partial charge in [0.2, 0.25) is 11.8 Å². The van der Waals surface area contributed by atoms with Crippen molar-refractivity contribution in [2.45, 2.75) is 19.4 Å². The molecule has 144 valence electrons. The molecule has 1 aliphatic heterocycles. The van der Waals surface area contributed by atoms with Crippen LogP contribution in [-0.4, -0.2) is 44.0 Å². The van der Waals surface area contributed by atoms with Crippen LogP contribution in [0.15, 0.2) is 59.5 Å². The fourth-order valence-electron chi connectivity index (χ4n) is 3.48. The number of amides is 2. The number of para-hydroxylation sites is 1. The van der Waals surface area contributed by atoms with E-state index in [1.165, 1.54) is 9.08 Å². The molecule has 2 aromatic heterocycles. The van der Waals surface area contributed by atoms with Crippen LogP contribution in [0.25, 0.3) is 5.65 Å². The largest absolute Gasteiger partial charge is 0.350 e. The van der Waals surface area contributed by atoms with Crippen molar-refractivity contribution in [3.05, 3.63) is 65.2 Å². The number of hydrogen-bond acceptors (Lipinski definition) is 4. The lowest BCUT2D eigenvalue weighted by molar-refractivity contribution is -0.135. The smallest absolute Gasteiger partial charge is 0.340 e. The van der Waals surface area contributed by atoms with Crippen LogP contribution in [0.4, 0.5) is 5.69 Å². The highest BCUT2D eigenvalue weighted by Gasteiger charge is 2.29. The molecule has 1 atom stereocenters. The number of carbonyl (C=O) groups excluding carboxylic acids is 2. The van der Waals surface area contributed by atoms with E-state index in [0.29, 0.717) is 18.7 Å². The molecule has 0 aliphatic carbocycles. The molecule has 28 heavy (non-hydrogen) atoms. The first-order valence-electron chi connectivity index (χ1n) is 9.30. The monoisotopic (exact) mass is 379 g/mol. The van der Waals surface area contributed by atoms with E-state index in [4.69, 9.17) is 0 Å². The van der Waals surface area contributed by atoms with Gasteiger partial charge >= 0.3 is 5.69 Å². The average Bonchev–Trinajstić information content (AvgIpc) is 3.04. The number of benzene rings is 1. The SMILES string of the molecule is O=C(Nc1ccccc1)C1CCCN(C(=O)Cn2nc3ccccn3c2=O)C1. The summed E-state index contributed by atoms with van der Waals surface area (Å²) in [6, 6.07) is 14.5. The Balaban J connectivity index is 1.42. The number of rotatable bonds is 4. The van der Waals surface area contributed by atoms with Gasteiger partial charge in [-0.25, -0.2) is 9.48 Å². The lowest BCUT2D eigenvalue weighted by Gasteiger charge is -2.32. The van der Waals surface area contributed by atoms with E-state index in [9.17, 15) is 14.4 Å². The van der Waals surface area contributed by atoms with E-state index in [1.807, 2.05) is 30.3 Å². The van der Waals surface area contributed by atoms with Crippen molar-refractivity contribution in [2.24, 2.45) is 5.92 Å². The summed E-state index contributed by atoms with van der Waals surface area (Å²) in [6.45, 7) is 0.795. The zero-order valence-electron chi connectivity index (χ0n) is 15.3. The topological polar surface area (TPSA) is 88.7 Å². The highest BCUT2D eigenvalue weighted by Crippen LogP contribution is 2.19. The first-order chi connectivity index (χ1) is 13.6. The molecule has 0 saturated carbocycles. The number of likely N-dealkylation sites (tertiary alicyclic amines) is 1. The van der Waals surface area contributed by atoms with Crippen molar-refractivity contribution in [3.63, 3.8) is 0 Å². The molecule has 1 N–H and O–H groups in total. The Bertz CT molecular complexity index is 1060. The normalized spacial score (nSPS) is 16.9. The number of nitrogens with one attached hydrogen (secondary N) is 1. The van der Waals surface area contributed by atoms with Crippen LogP contribution >= 0.6 is 0 Å². The summed E-state index contributed by atoms with van der Waals surface area (Å²) < 4.78 is 2.57. The number of hydrogen-bond donors (Lipinski definition) is 1. The summed E-state index contributed by atoms with van der Waals surface area (Å²) in [7, 11) is 0. The number of fused-ring (bicyclic) bond motifs is 1. The van der Waals surface area contributed by atoms with Crippen molar-refractivity contribution in [3.8, 4) is 0 Å². The second kappa shape index (κ2) is 7.67. The molecule has 8 heteroatoms. The van der Waals surface area contributed by atoms with Gasteiger partial charge in [-0.3, -0.25) is 14.0 Å². The summed E-state index contributed by atoms with van der Waals surface area (Å²) >= 11 is 0. The number of nitrogens with zero attached hydrogens (tertiary/aromatic N) is 4. The quantitative estimate of drug-likeness (QED) is 0.742. The van der Waals surface area contributed by atoms with Crippen LogP contribution < -0.4 is 11.0 Å². The summed E-state index contributed by atoms with van der Waals surface area (Å²) in [5.41, 5.74) is 0.894. The molecule has 0 bridgehead atoms. The molecular weight excluding hydrogens is 358 g/mol. The lowest BCUT2D eigenvalue weighted by Crippen LogP contribution is -2.45. The standard InChI is InChI=1S/C20H21N5O3/c26-18(14-25-20(28)24-12-5-4-10-17(24)22-25)23-11-6-7-15(13-23)19(27)21-16-8-2-1-3-9-16/h1-5,8-10,12,15H,6-7,11,13-14H2,(H,21,27). The first kappa shape index (κ1) is 18.0. The predicted octanol–water partition coefficient (Wildman–Crippen LogP) is 1.37. The van der Waals surface area contributed by atoms with Crippen LogP contribution in [0.2, 0.25) is 0 Å². The van der Waals surface area contributed by atoms with Crippen LogP contribution in [0, 0.1) is 5.92 Å². The van der Waals surface area contributed by atoms with Gasteiger partial charge < -0.3 is 10.2 Å². The molecule has 0 spiro atoms. The molecule has 4 rings (SSSR count). The van der Waals surface area contributed by atoms with E-state index in [2.05, 4.69) is 10.4 Å². The molecule has 3 aromatic rings. The molecule has 1 unspecified atom stereocenters. The number of pyridine rings is 1. The second-order valence-electron chi connectivity index (χ2n) is 6.90. The molecular formula is C20H21N5O3. The maximum Gasteiger partial charge on any atom is 0.350 e. The van der Waals surface area contributed by atoms with Crippen LogP contribution in [0.1, 0.15) is 12.8 Å². The van der Waals surface area contributed by atoms with Crippen molar-refractivity contribution >= 4 is 23.1 Å². The zero-order valence-corrected chi connectivity index (χ0v) is 15.3. The van der Waals surface area contributed by atoms with Gasteiger partial charge in [-0.05, 0) is 37.1 Å². The Hall–Kier alpha value is -3.42. The summed E-state index contributed by atoms with van der Waals surface area (Å²) in [4.78, 5) is 39.3. The number of anilines is 1. The van der Waals surface area contributed by atoms with Gasteiger partial charge in [0.05, 0.1) is 5.92 Å². The molecule has 8 nitrogen and oxygen atoms in total. The van der Waals surface area contributed by atoms with Gasteiger partial charge in [-0.15, -0.1) is 5.10 Å². The van der Waals surface area contributed by atoms with E-state index >= 15 is 0 Å². The zero-order chi connectivity index (χ0) is 19.5. The molecule has 2 amide bonds. The van der Waals surface area contributed by atoms with E-state index < -0.39 is 0 Å². The minimum absolute atomic E-state index is 0.0893. The second-order valence-corrected chi connectivity index (χ2v) is 6.90. The minimum Gasteiger partial charge on any atom is -0.340 e. The van der Waals surface area contributed by atoms with Gasteiger partial charge in [0.15, 0.2) is 5.65 Å². The van der Waals surface area contributed by atoms with Gasteiger partial charge in [-0.1, -0.05) is 24.3 Å². The van der Waals surface area contributed by atoms with Crippen LogP contribution in [0.5, 0.6) is 0 Å². The third-order valence-corrected chi connectivity index (χ3v) is 4.96. The maximum absolute atomic E-state index is 12.7. The van der Waals surface area contributed by atoms with Crippen molar-refractivity contribution in [1.82, 2.24) is 19.1 Å². The highest BCUT2D eigenvalue weighted by molar-refractivity contribution is 5.93. The van der Waals surface area contributed by atoms with E-state index in [0.717, 1.165) is 18.5 Å². The third kappa shape index (κ3) is 3.66. The van der Waals surface area contributed by atoms with Gasteiger partial charge in [-0.2, -0.15) is 0 Å². The molecule has 3 heterocycles. The Morgan fingerprint density at radius 2 is 1.89 bits per heavy atom. The fourth-order valence-corrected chi connectivity index (χ4v) is 3.48. The van der Waals surface area contributed by atoms with E-state index in [-0.39, 0.29) is 30.0 Å². The molecule has 1 aliphatic rings. The lowest BCUT2D eigenvalue weighted by atomic mass is 9.97. The first-order valence-corrected chi connectivity index (χ1v) is 9.30. The molecule has 1 saturated heterocycles. The van der Waals surface area contributed by atoms with Gasteiger partial charge in [0.25, 0.3) is 0 Å². The summed E-state index contributed by atoms with van der Waals surface area (Å²) in [5, 5.41) is 7.10. The summed E-state index contributed by atoms with van der Waals surface area (Å²) in [5.74, 6) is -0.563. The van der Waals surface area contributed by atoms with Crippen LogP contribution in [-0.2, 0) is 16.1 Å². The Labute approximate surface area is 161 Å². The van der Waals surface area contributed by atoms with E-state index in [1.54, 1.807) is 29.3 Å². The van der Waals surface area contributed by atoms with Crippen molar-refractivity contribution in [1.29, 1.82) is 0 Å². The fraction of sp³-hybridized carbons (Fsp3) is 0.300. The van der Waals surface area contributed by atoms with Crippen LogP contribution in [0.3, 0.4) is 0 Å². The van der Waals surface area contributed by atoms with Crippen molar-refractivity contribution < 1.29 is 9.59 Å². The number of piperidine rings is 1. The Kier molecular flexibility index (Phi) is 4.92. The third-order valence-electron chi connectivity index (χ3n) is 4.96. The highest BCUT2D eigenvalue weighted by atomic mass is 16.2. The molecule has 1 aromatic carbocycles. The number of carbonyl (C=O) groups is 2. The number of aromatic nitrogens is 3. The van der Waals surface area contributed by atoms with Crippen molar-refractivity contribution in [2.75, 3.05) is 18.4 Å². The maximum atomic E-state index is 12.7. The Morgan fingerprint density at radius 1 is 1.11 bits per heavy atom. The predicted molar refractivity (Wildman–Crippen MR) is 104 cm³/mol. The molecule has 1 fully saturated rings. The molecule has 0 radical (unpaired) electrons. The van der Waals surface area contributed by atoms with Gasteiger partial charge in [0.1, 0.15) is 6.54 Å². The minimum atomic E-state index is -0.348. The summed E-state index contributed by atoms with van der Waals surface area (Å²) in [6.07, 6.45) is 3.10.